The zero-order chi connectivity index (χ0) is 59.6. The van der Waals surface area contributed by atoms with Crippen LogP contribution in [0.5, 0.6) is 70.0 Å². The van der Waals surface area contributed by atoms with Crippen molar-refractivity contribution in [2.75, 3.05) is 39.1 Å². The standard InChI is InChI=1S/C48H40N8O8.C21H16N2/c1-57-35-15-23-39(24-16-35)61-45-51-43(52-46(55-45)62-40-25-17-36(58-2)18-26-40)49-33-11-7-31(8-12-33)5-6-32-9-13-34(14-10-32)50-44-53-47(63-41-27-19-37(59-3)20-28-41)56-48(54-44)64-42-29-21-38(60-4)22-30-42;1-4-10-17(11-5-1)20-16-21(18-12-6-2-7-13-18)23(22-20)19-14-8-3-9-15-19/h5-30H,1-4H3,(H,49,51,52,55)(H,50,53,54,56);1-16H. The zero-order valence-electron chi connectivity index (χ0n) is 47.6. The number of hydrogen-bond donors (Lipinski definition) is 2. The van der Waals surface area contributed by atoms with E-state index in [4.69, 9.17) is 43.0 Å². The first-order valence-corrected chi connectivity index (χ1v) is 27.3. The molecule has 18 heteroatoms. The molecule has 0 atom stereocenters. The minimum absolute atomic E-state index is 0.0345. The summed E-state index contributed by atoms with van der Waals surface area (Å²) >= 11 is 0. The minimum Gasteiger partial charge on any atom is -0.497 e. The molecular weight excluding hydrogens is 1100 g/mol. The van der Waals surface area contributed by atoms with E-state index in [0.717, 1.165) is 50.7 Å². The van der Waals surface area contributed by atoms with Gasteiger partial charge in [-0.3, -0.25) is 0 Å². The highest BCUT2D eigenvalue weighted by Gasteiger charge is 2.16. The van der Waals surface area contributed by atoms with Crippen LogP contribution in [0, 0.1) is 0 Å². The van der Waals surface area contributed by atoms with Gasteiger partial charge in [0.15, 0.2) is 0 Å². The molecule has 0 fully saturated rings. The van der Waals surface area contributed by atoms with E-state index in [1.54, 1.807) is 126 Å². The maximum atomic E-state index is 5.97. The average Bonchev–Trinajstić information content (AvgIpc) is 3.91. The third-order valence-electron chi connectivity index (χ3n) is 12.9. The number of hydrogen-bond acceptors (Lipinski definition) is 17. The molecule has 3 heterocycles. The van der Waals surface area contributed by atoms with Crippen LogP contribution < -0.4 is 48.5 Å². The van der Waals surface area contributed by atoms with Crippen LogP contribution in [0.15, 0.2) is 243 Å². The fourth-order valence-electron chi connectivity index (χ4n) is 8.48. The quantitative estimate of drug-likeness (QED) is 0.0645. The molecule has 12 aromatic rings. The van der Waals surface area contributed by atoms with Gasteiger partial charge in [0.2, 0.25) is 11.9 Å². The van der Waals surface area contributed by atoms with Crippen molar-refractivity contribution in [1.82, 2.24) is 39.7 Å². The number of aromatic nitrogens is 8. The van der Waals surface area contributed by atoms with Gasteiger partial charge >= 0.3 is 24.0 Å². The highest BCUT2D eigenvalue weighted by Crippen LogP contribution is 2.32. The maximum absolute atomic E-state index is 5.97. The van der Waals surface area contributed by atoms with Crippen LogP contribution in [0.25, 0.3) is 40.4 Å². The largest absolute Gasteiger partial charge is 0.497 e. The molecule has 0 radical (unpaired) electrons. The molecule has 3 aromatic heterocycles. The summed E-state index contributed by atoms with van der Waals surface area (Å²) in [5.41, 5.74) is 8.82. The summed E-state index contributed by atoms with van der Waals surface area (Å²) in [7, 11) is 6.39. The molecule has 12 rings (SSSR count). The van der Waals surface area contributed by atoms with Crippen LogP contribution in [0.1, 0.15) is 11.1 Å². The van der Waals surface area contributed by atoms with E-state index in [1.165, 1.54) is 0 Å². The zero-order valence-corrected chi connectivity index (χ0v) is 47.6. The van der Waals surface area contributed by atoms with E-state index < -0.39 is 0 Å². The fraction of sp³-hybridized carbons (Fsp3) is 0.0580. The molecule has 0 aliphatic rings. The number of nitrogens with one attached hydrogen (secondary N) is 2. The smallest absolute Gasteiger partial charge is 0.330 e. The molecule has 9 aromatic carbocycles. The minimum atomic E-state index is 0.0345. The van der Waals surface area contributed by atoms with Gasteiger partial charge in [-0.2, -0.15) is 25.0 Å². The first-order valence-electron chi connectivity index (χ1n) is 27.3. The van der Waals surface area contributed by atoms with E-state index >= 15 is 0 Å². The number of anilines is 4. The second-order valence-electron chi connectivity index (χ2n) is 18.8. The SMILES string of the molecule is COc1ccc(Oc2nc(Nc3ccc(C=Cc4ccc(Nc5nc(Oc6ccc(OC)cc6)nc(Oc6ccc(OC)cc6)n5)cc4)cc3)nc(Oc3ccc(OC)cc3)n2)cc1.c1ccc(-c2cc(-c3ccccc3)n(-c3ccccc3)n2)cc1. The molecule has 0 saturated heterocycles. The topological polar surface area (TPSA) is 193 Å². The molecule has 0 bridgehead atoms. The Morgan fingerprint density at radius 1 is 0.322 bits per heavy atom. The lowest BCUT2D eigenvalue weighted by Gasteiger charge is -2.11. The van der Waals surface area contributed by atoms with Crippen LogP contribution in [0.3, 0.4) is 0 Å². The molecule has 0 saturated carbocycles. The number of benzene rings is 9. The van der Waals surface area contributed by atoms with Crippen molar-refractivity contribution in [1.29, 1.82) is 0 Å². The molecule has 430 valence electrons. The number of rotatable bonds is 21. The van der Waals surface area contributed by atoms with Crippen molar-refractivity contribution >= 4 is 35.4 Å². The lowest BCUT2D eigenvalue weighted by molar-refractivity contribution is 0.393. The van der Waals surface area contributed by atoms with Gasteiger partial charge in [0.25, 0.3) is 0 Å². The van der Waals surface area contributed by atoms with Gasteiger partial charge in [-0.25, -0.2) is 4.68 Å². The van der Waals surface area contributed by atoms with Crippen molar-refractivity contribution < 1.29 is 37.9 Å². The maximum Gasteiger partial charge on any atom is 0.330 e. The van der Waals surface area contributed by atoms with Gasteiger partial charge in [0.1, 0.15) is 46.0 Å². The predicted octanol–water partition coefficient (Wildman–Crippen LogP) is 16.1. The van der Waals surface area contributed by atoms with Crippen molar-refractivity contribution in [3.8, 4) is 98.2 Å². The van der Waals surface area contributed by atoms with E-state index in [1.807, 2.05) is 108 Å². The lowest BCUT2D eigenvalue weighted by atomic mass is 10.1. The van der Waals surface area contributed by atoms with E-state index in [9.17, 15) is 0 Å². The Morgan fingerprint density at radius 3 is 0.966 bits per heavy atom. The van der Waals surface area contributed by atoms with E-state index in [-0.39, 0.29) is 35.9 Å². The third kappa shape index (κ3) is 15.5. The van der Waals surface area contributed by atoms with Crippen LogP contribution in [0.2, 0.25) is 0 Å². The van der Waals surface area contributed by atoms with Gasteiger partial charge in [0.05, 0.1) is 45.5 Å². The Hall–Kier alpha value is -12.1. The van der Waals surface area contributed by atoms with Crippen molar-refractivity contribution in [3.63, 3.8) is 0 Å². The van der Waals surface area contributed by atoms with Gasteiger partial charge in [0, 0.05) is 22.5 Å². The Morgan fingerprint density at radius 2 is 0.632 bits per heavy atom. The van der Waals surface area contributed by atoms with E-state index in [0.29, 0.717) is 46.0 Å². The fourth-order valence-corrected chi connectivity index (χ4v) is 8.48. The number of nitrogens with zero attached hydrogens (tertiary/aromatic N) is 8. The van der Waals surface area contributed by atoms with Crippen LogP contribution in [-0.4, -0.2) is 68.1 Å². The Bertz CT molecular complexity index is 3780. The molecule has 0 aliphatic heterocycles. The number of ether oxygens (including phenoxy) is 8. The van der Waals surface area contributed by atoms with Crippen LogP contribution >= 0.6 is 0 Å². The van der Waals surface area contributed by atoms with Crippen molar-refractivity contribution in [2.45, 2.75) is 0 Å². The summed E-state index contributed by atoms with van der Waals surface area (Å²) in [6, 6.07) is 77.0. The summed E-state index contributed by atoms with van der Waals surface area (Å²) in [4.78, 5) is 26.7. The molecular formula is C69H56N10O8. The van der Waals surface area contributed by atoms with Gasteiger partial charge in [-0.15, -0.1) is 9.97 Å². The average molecular weight is 1150 g/mol. The Kier molecular flexibility index (Phi) is 18.2. The Balaban J connectivity index is 0.000000282. The molecule has 0 spiro atoms. The molecule has 87 heavy (non-hydrogen) atoms. The first-order chi connectivity index (χ1) is 42.8. The van der Waals surface area contributed by atoms with Gasteiger partial charge < -0.3 is 48.5 Å². The molecule has 2 N–H and O–H groups in total. The second kappa shape index (κ2) is 27.8. The first kappa shape index (κ1) is 56.8. The van der Waals surface area contributed by atoms with Crippen molar-refractivity contribution in [3.05, 3.63) is 254 Å². The summed E-state index contributed by atoms with van der Waals surface area (Å²) in [5, 5.41) is 11.3. The predicted molar refractivity (Wildman–Crippen MR) is 335 cm³/mol. The Labute approximate surface area is 501 Å². The van der Waals surface area contributed by atoms with Gasteiger partial charge in [-0.1, -0.05) is 115 Å². The summed E-state index contributed by atoms with van der Waals surface area (Å²) < 4.78 is 46.9. The monoisotopic (exact) mass is 1150 g/mol. The highest BCUT2D eigenvalue weighted by molar-refractivity contribution is 5.73. The molecule has 0 aliphatic carbocycles. The lowest BCUT2D eigenvalue weighted by Crippen LogP contribution is -2.03. The summed E-state index contributed by atoms with van der Waals surface area (Å²) in [6.45, 7) is 0. The van der Waals surface area contributed by atoms with Crippen LogP contribution in [-0.2, 0) is 0 Å². The molecule has 0 unspecified atom stereocenters. The number of para-hydroxylation sites is 1. The number of methoxy groups -OCH3 is 4. The molecule has 18 nitrogen and oxygen atoms in total. The van der Waals surface area contributed by atoms with Crippen LogP contribution in [0.4, 0.5) is 23.3 Å². The summed E-state index contributed by atoms with van der Waals surface area (Å²) in [6.07, 6.45) is 4.02. The normalized spacial score (nSPS) is 10.7. The second-order valence-corrected chi connectivity index (χ2v) is 18.8. The highest BCUT2D eigenvalue weighted by atomic mass is 16.5. The van der Waals surface area contributed by atoms with E-state index in [2.05, 4.69) is 95.1 Å². The molecule has 0 amide bonds. The summed E-state index contributed by atoms with van der Waals surface area (Å²) in [5.74, 6) is 5.23. The van der Waals surface area contributed by atoms with Crippen molar-refractivity contribution in [2.24, 2.45) is 0 Å². The van der Waals surface area contributed by atoms with Gasteiger partial charge in [-0.05, 0) is 151 Å². The third-order valence-corrected chi connectivity index (χ3v) is 12.9.